The van der Waals surface area contributed by atoms with Crippen molar-refractivity contribution < 1.29 is 4.74 Å². The third-order valence-electron chi connectivity index (χ3n) is 3.10. The zero-order chi connectivity index (χ0) is 12.2. The van der Waals surface area contributed by atoms with Crippen LogP contribution >= 0.6 is 24.8 Å². The predicted molar refractivity (Wildman–Crippen MR) is 81.7 cm³/mol. The summed E-state index contributed by atoms with van der Waals surface area (Å²) in [5, 5.41) is 3.41. The van der Waals surface area contributed by atoms with Crippen LogP contribution in [0.4, 0.5) is 0 Å². The van der Waals surface area contributed by atoms with Gasteiger partial charge in [0.15, 0.2) is 0 Å². The van der Waals surface area contributed by atoms with Gasteiger partial charge in [-0.25, -0.2) is 9.97 Å². The quantitative estimate of drug-likeness (QED) is 0.940. The van der Waals surface area contributed by atoms with Gasteiger partial charge in [-0.1, -0.05) is 6.07 Å². The van der Waals surface area contributed by atoms with E-state index in [0.29, 0.717) is 18.4 Å². The Bertz CT molecular complexity index is 506. The lowest BCUT2D eigenvalue weighted by Crippen LogP contribution is -2.26. The van der Waals surface area contributed by atoms with Crippen LogP contribution in [0.5, 0.6) is 5.88 Å². The molecule has 3 rings (SSSR count). The van der Waals surface area contributed by atoms with Gasteiger partial charge in [-0.2, -0.15) is 0 Å². The van der Waals surface area contributed by atoms with E-state index in [9.17, 15) is 0 Å². The molecule has 0 saturated carbocycles. The van der Waals surface area contributed by atoms with Crippen LogP contribution in [-0.2, 0) is 13.1 Å². The molecule has 0 aliphatic carbocycles. The molecule has 1 aliphatic heterocycles. The summed E-state index contributed by atoms with van der Waals surface area (Å²) < 4.78 is 7.89. The van der Waals surface area contributed by atoms with E-state index in [4.69, 9.17) is 4.74 Å². The van der Waals surface area contributed by atoms with Crippen LogP contribution in [0, 0.1) is 5.92 Å². The average molecular weight is 317 g/mol. The molecular weight excluding hydrogens is 299 g/mol. The standard InChI is InChI=1S/C13H16N4O.2ClH/c1-2-4-16-13(3-1)18-9-11-5-14-6-12-7-15-10-17(12)8-11;;/h1-4,7,10-11,14H,5-6,8-9H2;2*1H. The third-order valence-corrected chi connectivity index (χ3v) is 3.10. The van der Waals surface area contributed by atoms with E-state index in [2.05, 4.69) is 19.9 Å². The van der Waals surface area contributed by atoms with Crippen LogP contribution in [0.1, 0.15) is 5.69 Å². The number of fused-ring (bicyclic) bond motifs is 1. The number of pyridine rings is 1. The molecule has 2 aromatic heterocycles. The predicted octanol–water partition coefficient (Wildman–Crippen LogP) is 1.92. The first-order valence-corrected chi connectivity index (χ1v) is 6.15. The van der Waals surface area contributed by atoms with Crippen LogP contribution in [0.3, 0.4) is 0 Å². The van der Waals surface area contributed by atoms with Crippen molar-refractivity contribution in [2.75, 3.05) is 13.2 Å². The number of hydrogen-bond donors (Lipinski definition) is 1. The van der Waals surface area contributed by atoms with E-state index >= 15 is 0 Å². The number of aromatic nitrogens is 3. The van der Waals surface area contributed by atoms with Crippen LogP contribution in [0.15, 0.2) is 36.9 Å². The van der Waals surface area contributed by atoms with Gasteiger partial charge < -0.3 is 14.6 Å². The number of hydrogen-bond acceptors (Lipinski definition) is 4. The summed E-state index contributed by atoms with van der Waals surface area (Å²) in [4.78, 5) is 8.33. The second kappa shape index (κ2) is 8.09. The summed E-state index contributed by atoms with van der Waals surface area (Å²) in [6.07, 6.45) is 5.54. The van der Waals surface area contributed by atoms with Crippen molar-refractivity contribution in [3.8, 4) is 5.88 Å². The van der Waals surface area contributed by atoms with Gasteiger partial charge in [0, 0.05) is 44.0 Å². The minimum Gasteiger partial charge on any atom is -0.477 e. The highest BCUT2D eigenvalue weighted by Gasteiger charge is 2.16. The van der Waals surface area contributed by atoms with E-state index < -0.39 is 0 Å². The van der Waals surface area contributed by atoms with Gasteiger partial charge in [-0.3, -0.25) is 0 Å². The maximum atomic E-state index is 5.71. The topological polar surface area (TPSA) is 52.0 Å². The fourth-order valence-electron chi connectivity index (χ4n) is 2.15. The van der Waals surface area contributed by atoms with Crippen molar-refractivity contribution in [1.82, 2.24) is 19.9 Å². The van der Waals surface area contributed by atoms with E-state index in [1.165, 1.54) is 5.69 Å². The molecule has 0 fully saturated rings. The highest BCUT2D eigenvalue weighted by atomic mass is 35.5. The number of ether oxygens (including phenoxy) is 1. The molecule has 5 nitrogen and oxygen atoms in total. The highest BCUT2D eigenvalue weighted by molar-refractivity contribution is 5.85. The van der Waals surface area contributed by atoms with Crippen molar-refractivity contribution in [3.05, 3.63) is 42.6 Å². The van der Waals surface area contributed by atoms with Crippen LogP contribution in [-0.4, -0.2) is 27.7 Å². The SMILES string of the molecule is Cl.Cl.c1ccc(OCC2CNCc3cncn3C2)nc1. The smallest absolute Gasteiger partial charge is 0.213 e. The first-order valence-electron chi connectivity index (χ1n) is 6.15. The molecule has 0 saturated heterocycles. The molecule has 1 atom stereocenters. The number of imidazole rings is 1. The molecular formula is C13H18Cl2N4O. The van der Waals surface area contributed by atoms with E-state index in [0.717, 1.165) is 19.6 Å². The summed E-state index contributed by atoms with van der Waals surface area (Å²) in [5.74, 6) is 1.12. The molecule has 7 heteroatoms. The molecule has 2 aromatic rings. The fourth-order valence-corrected chi connectivity index (χ4v) is 2.15. The summed E-state index contributed by atoms with van der Waals surface area (Å²) in [7, 11) is 0. The number of nitrogens with one attached hydrogen (secondary N) is 1. The Kier molecular flexibility index (Phi) is 6.78. The Morgan fingerprint density at radius 1 is 1.35 bits per heavy atom. The lowest BCUT2D eigenvalue weighted by Gasteiger charge is -2.15. The average Bonchev–Trinajstić information content (AvgIpc) is 2.76. The first kappa shape index (κ1) is 16.8. The van der Waals surface area contributed by atoms with Gasteiger partial charge in [0.05, 0.1) is 18.6 Å². The molecule has 1 N–H and O–H groups in total. The normalized spacial score (nSPS) is 17.1. The molecule has 0 amide bonds. The highest BCUT2D eigenvalue weighted by Crippen LogP contribution is 2.12. The second-order valence-electron chi connectivity index (χ2n) is 4.51. The van der Waals surface area contributed by atoms with E-state index in [1.807, 2.05) is 30.7 Å². The second-order valence-corrected chi connectivity index (χ2v) is 4.51. The minimum absolute atomic E-state index is 0. The van der Waals surface area contributed by atoms with Crippen LogP contribution in [0.25, 0.3) is 0 Å². The molecule has 1 unspecified atom stereocenters. The Hall–Kier alpha value is -1.30. The van der Waals surface area contributed by atoms with Crippen LogP contribution in [0.2, 0.25) is 0 Å². The Balaban J connectivity index is 0.000001000. The lowest BCUT2D eigenvalue weighted by atomic mass is 10.1. The van der Waals surface area contributed by atoms with E-state index in [-0.39, 0.29) is 24.8 Å². The Morgan fingerprint density at radius 3 is 3.05 bits per heavy atom. The maximum absolute atomic E-state index is 5.71. The van der Waals surface area contributed by atoms with Crippen molar-refractivity contribution >= 4 is 24.8 Å². The van der Waals surface area contributed by atoms with Crippen molar-refractivity contribution in [2.45, 2.75) is 13.1 Å². The van der Waals surface area contributed by atoms with Crippen LogP contribution < -0.4 is 10.1 Å². The molecule has 0 bridgehead atoms. The maximum Gasteiger partial charge on any atom is 0.213 e. The molecule has 1 aliphatic rings. The minimum atomic E-state index is 0. The molecule has 0 spiro atoms. The van der Waals surface area contributed by atoms with Crippen molar-refractivity contribution in [3.63, 3.8) is 0 Å². The summed E-state index contributed by atoms with van der Waals surface area (Å²) in [6, 6.07) is 5.70. The molecule has 0 radical (unpaired) electrons. The van der Waals surface area contributed by atoms with Crippen molar-refractivity contribution in [1.29, 1.82) is 0 Å². The first-order chi connectivity index (χ1) is 8.92. The Labute approximate surface area is 130 Å². The molecule has 3 heterocycles. The fraction of sp³-hybridized carbons (Fsp3) is 0.385. The van der Waals surface area contributed by atoms with Crippen molar-refractivity contribution in [2.24, 2.45) is 5.92 Å². The van der Waals surface area contributed by atoms with E-state index in [1.54, 1.807) is 6.20 Å². The van der Waals surface area contributed by atoms with Gasteiger partial charge in [-0.05, 0) is 6.07 Å². The number of rotatable bonds is 3. The lowest BCUT2D eigenvalue weighted by molar-refractivity contribution is 0.225. The van der Waals surface area contributed by atoms with Gasteiger partial charge in [0.1, 0.15) is 0 Å². The van der Waals surface area contributed by atoms with Gasteiger partial charge >= 0.3 is 0 Å². The van der Waals surface area contributed by atoms with Gasteiger partial charge in [0.2, 0.25) is 5.88 Å². The molecule has 110 valence electrons. The molecule has 0 aromatic carbocycles. The summed E-state index contributed by atoms with van der Waals surface area (Å²) >= 11 is 0. The third kappa shape index (κ3) is 4.10. The largest absolute Gasteiger partial charge is 0.477 e. The molecule has 20 heavy (non-hydrogen) atoms. The summed E-state index contributed by atoms with van der Waals surface area (Å²) in [6.45, 7) is 3.44. The number of nitrogens with zero attached hydrogens (tertiary/aromatic N) is 3. The zero-order valence-corrected chi connectivity index (χ0v) is 12.6. The van der Waals surface area contributed by atoms with Gasteiger partial charge in [0.25, 0.3) is 0 Å². The zero-order valence-electron chi connectivity index (χ0n) is 10.9. The van der Waals surface area contributed by atoms with Gasteiger partial charge in [-0.15, -0.1) is 24.8 Å². The monoisotopic (exact) mass is 316 g/mol. The summed E-state index contributed by atoms with van der Waals surface area (Å²) in [5.41, 5.74) is 1.23. The Morgan fingerprint density at radius 2 is 2.25 bits per heavy atom. The number of halogens is 2.